The molecular formula is C15H23NO. The van der Waals surface area contributed by atoms with Gasteiger partial charge in [-0.2, -0.15) is 0 Å². The van der Waals surface area contributed by atoms with Gasteiger partial charge >= 0.3 is 0 Å². The molecule has 1 aliphatic carbocycles. The molecule has 1 aromatic rings. The Morgan fingerprint density at radius 3 is 2.65 bits per heavy atom. The highest BCUT2D eigenvalue weighted by Gasteiger charge is 2.23. The largest absolute Gasteiger partial charge is 0.393 e. The fourth-order valence-electron chi connectivity index (χ4n) is 2.61. The molecule has 2 nitrogen and oxygen atoms in total. The highest BCUT2D eigenvalue weighted by molar-refractivity contribution is 5.17. The molecule has 0 aromatic heterocycles. The van der Waals surface area contributed by atoms with Crippen LogP contribution in [0.1, 0.15) is 44.2 Å². The lowest BCUT2D eigenvalue weighted by atomic mass is 9.86. The van der Waals surface area contributed by atoms with Crippen molar-refractivity contribution in [3.8, 4) is 0 Å². The second kappa shape index (κ2) is 6.18. The standard InChI is InChI=1S/C15H23NO/c1-12(13-7-3-2-4-8-13)16-11-14-9-5-6-10-15(14)17/h2-4,7-8,12,14-17H,5-6,9-11H2,1H3. The average molecular weight is 233 g/mol. The van der Waals surface area contributed by atoms with E-state index in [4.69, 9.17) is 0 Å². The van der Waals surface area contributed by atoms with Gasteiger partial charge in [0.2, 0.25) is 0 Å². The molecule has 1 saturated carbocycles. The fourth-order valence-corrected chi connectivity index (χ4v) is 2.61. The Morgan fingerprint density at radius 1 is 1.24 bits per heavy atom. The van der Waals surface area contributed by atoms with Gasteiger partial charge in [0, 0.05) is 12.6 Å². The lowest BCUT2D eigenvalue weighted by molar-refractivity contribution is 0.0684. The molecule has 0 spiro atoms. The first-order valence-corrected chi connectivity index (χ1v) is 6.74. The Hall–Kier alpha value is -0.860. The van der Waals surface area contributed by atoms with E-state index in [0.29, 0.717) is 12.0 Å². The van der Waals surface area contributed by atoms with E-state index in [1.54, 1.807) is 0 Å². The number of benzene rings is 1. The van der Waals surface area contributed by atoms with Crippen LogP contribution in [0.2, 0.25) is 0 Å². The number of nitrogens with one attached hydrogen (secondary N) is 1. The normalized spacial score (nSPS) is 26.7. The molecule has 2 rings (SSSR count). The van der Waals surface area contributed by atoms with Gasteiger partial charge in [-0.15, -0.1) is 0 Å². The summed E-state index contributed by atoms with van der Waals surface area (Å²) < 4.78 is 0. The zero-order chi connectivity index (χ0) is 12.1. The molecule has 1 aliphatic rings. The lowest BCUT2D eigenvalue weighted by Crippen LogP contribution is -2.34. The van der Waals surface area contributed by atoms with Crippen LogP contribution in [0, 0.1) is 5.92 Å². The molecule has 0 saturated heterocycles. The molecule has 94 valence electrons. The molecule has 3 unspecified atom stereocenters. The Kier molecular flexibility index (Phi) is 4.57. The van der Waals surface area contributed by atoms with Crippen LogP contribution in [0.5, 0.6) is 0 Å². The van der Waals surface area contributed by atoms with Crippen molar-refractivity contribution in [2.24, 2.45) is 5.92 Å². The molecular weight excluding hydrogens is 210 g/mol. The third-order valence-corrected chi connectivity index (χ3v) is 3.85. The Labute approximate surface area is 104 Å². The SMILES string of the molecule is CC(NCC1CCCCC1O)c1ccccc1. The van der Waals surface area contributed by atoms with E-state index in [0.717, 1.165) is 19.4 Å². The summed E-state index contributed by atoms with van der Waals surface area (Å²) in [7, 11) is 0. The van der Waals surface area contributed by atoms with Gasteiger partial charge in [-0.1, -0.05) is 43.2 Å². The Balaban J connectivity index is 1.81. The smallest absolute Gasteiger partial charge is 0.0580 e. The summed E-state index contributed by atoms with van der Waals surface area (Å²) in [5.41, 5.74) is 1.32. The van der Waals surface area contributed by atoms with E-state index in [1.807, 2.05) is 6.07 Å². The van der Waals surface area contributed by atoms with Crippen LogP contribution in [0.25, 0.3) is 0 Å². The van der Waals surface area contributed by atoms with E-state index in [9.17, 15) is 5.11 Å². The van der Waals surface area contributed by atoms with Gasteiger partial charge < -0.3 is 10.4 Å². The minimum atomic E-state index is -0.0979. The molecule has 0 heterocycles. The molecule has 3 atom stereocenters. The predicted octanol–water partition coefficient (Wildman–Crippen LogP) is 2.89. The van der Waals surface area contributed by atoms with Gasteiger partial charge in [-0.05, 0) is 31.2 Å². The molecule has 0 bridgehead atoms. The predicted molar refractivity (Wildman–Crippen MR) is 70.8 cm³/mol. The van der Waals surface area contributed by atoms with Gasteiger partial charge in [0.1, 0.15) is 0 Å². The van der Waals surface area contributed by atoms with E-state index in [-0.39, 0.29) is 6.10 Å². The summed E-state index contributed by atoms with van der Waals surface area (Å²) in [5, 5.41) is 13.5. The molecule has 1 aromatic carbocycles. The molecule has 1 fully saturated rings. The van der Waals surface area contributed by atoms with Crippen molar-refractivity contribution in [1.29, 1.82) is 0 Å². The monoisotopic (exact) mass is 233 g/mol. The molecule has 2 heteroatoms. The first kappa shape index (κ1) is 12.6. The molecule has 0 amide bonds. The van der Waals surface area contributed by atoms with Crippen molar-refractivity contribution in [3.05, 3.63) is 35.9 Å². The van der Waals surface area contributed by atoms with E-state index in [1.165, 1.54) is 18.4 Å². The summed E-state index contributed by atoms with van der Waals surface area (Å²) in [5.74, 6) is 0.440. The molecule has 17 heavy (non-hydrogen) atoms. The molecule has 2 N–H and O–H groups in total. The maximum absolute atomic E-state index is 9.91. The summed E-state index contributed by atoms with van der Waals surface area (Å²) in [4.78, 5) is 0. The van der Waals surface area contributed by atoms with Gasteiger partial charge in [0.05, 0.1) is 6.10 Å². The van der Waals surface area contributed by atoms with Crippen molar-refractivity contribution < 1.29 is 5.11 Å². The van der Waals surface area contributed by atoms with Crippen LogP contribution in [0.3, 0.4) is 0 Å². The van der Waals surface area contributed by atoms with Crippen LogP contribution in [-0.2, 0) is 0 Å². The summed E-state index contributed by atoms with van der Waals surface area (Å²) in [6, 6.07) is 10.8. The second-order valence-corrected chi connectivity index (χ2v) is 5.15. The lowest BCUT2D eigenvalue weighted by Gasteiger charge is -2.29. The average Bonchev–Trinajstić information content (AvgIpc) is 2.38. The van der Waals surface area contributed by atoms with E-state index in [2.05, 4.69) is 36.5 Å². The number of aliphatic hydroxyl groups excluding tert-OH is 1. The van der Waals surface area contributed by atoms with E-state index < -0.39 is 0 Å². The first-order valence-electron chi connectivity index (χ1n) is 6.74. The summed E-state index contributed by atoms with van der Waals surface area (Å²) in [6.07, 6.45) is 4.50. The Bertz CT molecular complexity index is 325. The number of rotatable bonds is 4. The number of hydrogen-bond acceptors (Lipinski definition) is 2. The minimum Gasteiger partial charge on any atom is -0.393 e. The highest BCUT2D eigenvalue weighted by Crippen LogP contribution is 2.24. The van der Waals surface area contributed by atoms with Gasteiger partial charge in [-0.3, -0.25) is 0 Å². The highest BCUT2D eigenvalue weighted by atomic mass is 16.3. The van der Waals surface area contributed by atoms with Crippen LogP contribution in [-0.4, -0.2) is 17.8 Å². The zero-order valence-corrected chi connectivity index (χ0v) is 10.6. The minimum absolute atomic E-state index is 0.0979. The zero-order valence-electron chi connectivity index (χ0n) is 10.6. The molecule has 0 aliphatic heterocycles. The maximum atomic E-state index is 9.91. The number of hydrogen-bond donors (Lipinski definition) is 2. The first-order chi connectivity index (χ1) is 8.27. The number of aliphatic hydroxyl groups is 1. The summed E-state index contributed by atoms with van der Waals surface area (Å²) in [6.45, 7) is 3.11. The van der Waals surface area contributed by atoms with Crippen molar-refractivity contribution in [1.82, 2.24) is 5.32 Å². The third-order valence-electron chi connectivity index (χ3n) is 3.85. The quantitative estimate of drug-likeness (QED) is 0.838. The van der Waals surface area contributed by atoms with Gasteiger partial charge in [-0.25, -0.2) is 0 Å². The van der Waals surface area contributed by atoms with E-state index >= 15 is 0 Å². The fraction of sp³-hybridized carbons (Fsp3) is 0.600. The van der Waals surface area contributed by atoms with Crippen molar-refractivity contribution in [2.75, 3.05) is 6.54 Å². The molecule has 0 radical (unpaired) electrons. The van der Waals surface area contributed by atoms with Crippen LogP contribution in [0.4, 0.5) is 0 Å². The third kappa shape index (κ3) is 3.55. The van der Waals surface area contributed by atoms with Crippen LogP contribution >= 0.6 is 0 Å². The van der Waals surface area contributed by atoms with Crippen LogP contribution in [0.15, 0.2) is 30.3 Å². The Morgan fingerprint density at radius 2 is 1.94 bits per heavy atom. The van der Waals surface area contributed by atoms with Crippen molar-refractivity contribution in [3.63, 3.8) is 0 Å². The van der Waals surface area contributed by atoms with Gasteiger partial charge in [0.25, 0.3) is 0 Å². The summed E-state index contributed by atoms with van der Waals surface area (Å²) >= 11 is 0. The topological polar surface area (TPSA) is 32.3 Å². The van der Waals surface area contributed by atoms with Crippen LogP contribution < -0.4 is 5.32 Å². The van der Waals surface area contributed by atoms with Gasteiger partial charge in [0.15, 0.2) is 0 Å². The van der Waals surface area contributed by atoms with Crippen molar-refractivity contribution >= 4 is 0 Å². The van der Waals surface area contributed by atoms with Crippen molar-refractivity contribution in [2.45, 2.75) is 44.8 Å². The maximum Gasteiger partial charge on any atom is 0.0580 e. The second-order valence-electron chi connectivity index (χ2n) is 5.15.